The molecule has 1 aromatic rings. The van der Waals surface area contributed by atoms with E-state index in [-0.39, 0.29) is 30.9 Å². The molecule has 0 aliphatic heterocycles. The molecule has 3 nitrogen and oxygen atoms in total. The monoisotopic (exact) mass is 443 g/mol. The van der Waals surface area contributed by atoms with Crippen LogP contribution in [0.4, 0.5) is 0 Å². The van der Waals surface area contributed by atoms with Gasteiger partial charge in [0.2, 0.25) is 0 Å². The topological polar surface area (TPSA) is 30.5 Å². The number of nitrogens with one attached hydrogen (secondary N) is 1. The SMILES string of the molecule is CCCCNP(=S)(OCC)Oc1c(Cl)c(Cl)c(Cl)c(Cl)c1Cl. The molecule has 0 saturated carbocycles. The Morgan fingerprint density at radius 1 is 0.955 bits per heavy atom. The summed E-state index contributed by atoms with van der Waals surface area (Å²) in [5, 5.41) is 3.37. The summed E-state index contributed by atoms with van der Waals surface area (Å²) in [6.07, 6.45) is 1.94. The molecule has 22 heavy (non-hydrogen) atoms. The lowest BCUT2D eigenvalue weighted by Gasteiger charge is -2.25. The van der Waals surface area contributed by atoms with Gasteiger partial charge in [-0.1, -0.05) is 71.3 Å². The number of halogens is 5. The summed E-state index contributed by atoms with van der Waals surface area (Å²) >= 11 is 35.7. The summed E-state index contributed by atoms with van der Waals surface area (Å²) in [7, 11) is 0. The zero-order valence-corrected chi connectivity index (χ0v) is 17.4. The maximum Gasteiger partial charge on any atom is 0.312 e. The van der Waals surface area contributed by atoms with Gasteiger partial charge in [0.15, 0.2) is 5.75 Å². The smallest absolute Gasteiger partial charge is 0.312 e. The first kappa shape index (κ1) is 21.1. The van der Waals surface area contributed by atoms with E-state index in [1.54, 1.807) is 0 Å². The zero-order chi connectivity index (χ0) is 16.9. The van der Waals surface area contributed by atoms with Crippen molar-refractivity contribution in [2.75, 3.05) is 13.2 Å². The Morgan fingerprint density at radius 2 is 1.45 bits per heavy atom. The second-order valence-corrected chi connectivity index (χ2v) is 9.25. The Hall–Kier alpha value is 1.04. The Kier molecular flexibility index (Phi) is 9.11. The third-order valence-electron chi connectivity index (χ3n) is 2.52. The fourth-order valence-electron chi connectivity index (χ4n) is 1.45. The Balaban J connectivity index is 3.16. The Labute approximate surface area is 160 Å². The van der Waals surface area contributed by atoms with Crippen LogP contribution < -0.4 is 9.61 Å². The minimum Gasteiger partial charge on any atom is -0.429 e. The van der Waals surface area contributed by atoms with Crippen molar-refractivity contribution in [3.8, 4) is 5.75 Å². The standard InChI is InChI=1S/C12H15Cl5NO2PS/c1-3-5-6-18-21(22,19-4-2)20-12-10(16)8(14)7(13)9(15)11(12)17/h3-6H2,1-2H3,(H,18,22). The molecule has 0 aliphatic rings. The highest BCUT2D eigenvalue weighted by molar-refractivity contribution is 8.09. The summed E-state index contributed by atoms with van der Waals surface area (Å²) in [6.45, 7) is 2.09. The van der Waals surface area contributed by atoms with Crippen molar-refractivity contribution in [2.45, 2.75) is 26.7 Å². The third-order valence-corrected chi connectivity index (χ3v) is 7.32. The molecule has 1 N–H and O–H groups in total. The van der Waals surface area contributed by atoms with Crippen molar-refractivity contribution in [2.24, 2.45) is 0 Å². The lowest BCUT2D eigenvalue weighted by Crippen LogP contribution is -2.18. The van der Waals surface area contributed by atoms with Crippen molar-refractivity contribution in [3.63, 3.8) is 0 Å². The van der Waals surface area contributed by atoms with Crippen LogP contribution in [0.2, 0.25) is 25.1 Å². The molecular formula is C12H15Cl5NO2PS. The van der Waals surface area contributed by atoms with E-state index < -0.39 is 6.64 Å². The lowest BCUT2D eigenvalue weighted by atomic mass is 10.3. The number of hydrogen-bond acceptors (Lipinski definition) is 3. The van der Waals surface area contributed by atoms with Gasteiger partial charge in [0.25, 0.3) is 0 Å². The van der Waals surface area contributed by atoms with Gasteiger partial charge >= 0.3 is 6.64 Å². The molecule has 0 aromatic heterocycles. The molecule has 0 heterocycles. The zero-order valence-electron chi connectivity index (χ0n) is 11.9. The van der Waals surface area contributed by atoms with E-state index in [0.29, 0.717) is 13.2 Å². The lowest BCUT2D eigenvalue weighted by molar-refractivity contribution is 0.322. The fourth-order valence-corrected chi connectivity index (χ4v) is 4.97. The van der Waals surface area contributed by atoms with Gasteiger partial charge < -0.3 is 9.05 Å². The third kappa shape index (κ3) is 5.27. The van der Waals surface area contributed by atoms with E-state index >= 15 is 0 Å². The molecule has 1 aromatic carbocycles. The molecule has 1 unspecified atom stereocenters. The van der Waals surface area contributed by atoms with Gasteiger partial charge in [-0.05, 0) is 25.2 Å². The van der Waals surface area contributed by atoms with Crippen LogP contribution in [0.3, 0.4) is 0 Å². The first-order valence-electron chi connectivity index (χ1n) is 6.48. The first-order valence-corrected chi connectivity index (χ1v) is 11.0. The molecule has 0 aliphatic carbocycles. The van der Waals surface area contributed by atoms with Crippen LogP contribution >= 0.6 is 64.6 Å². The number of hydrogen-bond donors (Lipinski definition) is 1. The summed E-state index contributed by atoms with van der Waals surface area (Å²) in [5.74, 6) is 0.0727. The van der Waals surface area contributed by atoms with Gasteiger partial charge in [-0.15, -0.1) is 0 Å². The van der Waals surface area contributed by atoms with Crippen molar-refractivity contribution in [1.29, 1.82) is 0 Å². The average molecular weight is 446 g/mol. The molecular weight excluding hydrogens is 430 g/mol. The normalized spacial score (nSPS) is 14.0. The quantitative estimate of drug-likeness (QED) is 0.202. The van der Waals surface area contributed by atoms with Crippen LogP contribution in [-0.2, 0) is 16.3 Å². The summed E-state index contributed by atoms with van der Waals surface area (Å²) in [5.41, 5.74) is 0. The molecule has 0 radical (unpaired) electrons. The largest absolute Gasteiger partial charge is 0.429 e. The van der Waals surface area contributed by atoms with Crippen LogP contribution in [0, 0.1) is 0 Å². The van der Waals surface area contributed by atoms with Crippen molar-refractivity contribution in [1.82, 2.24) is 5.09 Å². The van der Waals surface area contributed by atoms with Gasteiger partial charge in [-0.25, -0.2) is 5.09 Å². The molecule has 0 bridgehead atoms. The Bertz CT molecular complexity index is 558. The Morgan fingerprint density at radius 3 is 1.91 bits per heavy atom. The molecule has 10 heteroatoms. The fraction of sp³-hybridized carbons (Fsp3) is 0.500. The molecule has 0 amide bonds. The van der Waals surface area contributed by atoms with Crippen LogP contribution in [0.1, 0.15) is 26.7 Å². The second kappa shape index (κ2) is 9.50. The van der Waals surface area contributed by atoms with Gasteiger partial charge in [-0.2, -0.15) is 0 Å². The molecule has 0 saturated heterocycles. The highest BCUT2D eigenvalue weighted by atomic mass is 35.5. The first-order chi connectivity index (χ1) is 10.3. The highest BCUT2D eigenvalue weighted by Crippen LogP contribution is 2.54. The summed E-state index contributed by atoms with van der Waals surface area (Å²) in [6, 6.07) is 0. The van der Waals surface area contributed by atoms with E-state index in [0.717, 1.165) is 12.8 Å². The second-order valence-electron chi connectivity index (χ2n) is 4.17. The highest BCUT2D eigenvalue weighted by Gasteiger charge is 2.27. The van der Waals surface area contributed by atoms with E-state index in [2.05, 4.69) is 12.0 Å². The minimum atomic E-state index is -2.83. The van der Waals surface area contributed by atoms with Crippen molar-refractivity contribution >= 4 is 76.5 Å². The number of unbranched alkanes of at least 4 members (excludes halogenated alkanes) is 1. The van der Waals surface area contributed by atoms with Gasteiger partial charge in [-0.3, -0.25) is 0 Å². The van der Waals surface area contributed by atoms with Crippen molar-refractivity contribution < 1.29 is 9.05 Å². The number of rotatable bonds is 8. The van der Waals surface area contributed by atoms with Crippen molar-refractivity contribution in [3.05, 3.63) is 25.1 Å². The van der Waals surface area contributed by atoms with Crippen LogP contribution in [-0.4, -0.2) is 13.2 Å². The molecule has 126 valence electrons. The van der Waals surface area contributed by atoms with E-state index in [4.69, 9.17) is 78.9 Å². The van der Waals surface area contributed by atoms with Crippen LogP contribution in [0.15, 0.2) is 0 Å². The molecule has 1 rings (SSSR count). The maximum atomic E-state index is 6.15. The molecule has 1 atom stereocenters. The van der Waals surface area contributed by atoms with E-state index in [9.17, 15) is 0 Å². The summed E-state index contributed by atoms with van der Waals surface area (Å²) in [4.78, 5) is 0. The van der Waals surface area contributed by atoms with Gasteiger partial charge in [0.05, 0.1) is 21.7 Å². The molecule has 0 fully saturated rings. The summed E-state index contributed by atoms with van der Waals surface area (Å²) < 4.78 is 11.3. The number of benzene rings is 1. The average Bonchev–Trinajstić information content (AvgIpc) is 2.48. The predicted molar refractivity (Wildman–Crippen MR) is 101 cm³/mol. The maximum absolute atomic E-state index is 6.15. The van der Waals surface area contributed by atoms with E-state index in [1.165, 1.54) is 0 Å². The van der Waals surface area contributed by atoms with Gasteiger partial charge in [0.1, 0.15) is 10.0 Å². The predicted octanol–water partition coefficient (Wildman–Crippen LogP) is 6.98. The van der Waals surface area contributed by atoms with Crippen LogP contribution in [0.5, 0.6) is 5.75 Å². The van der Waals surface area contributed by atoms with Crippen LogP contribution in [0.25, 0.3) is 0 Å². The van der Waals surface area contributed by atoms with Gasteiger partial charge in [0, 0.05) is 6.54 Å². The molecule has 0 spiro atoms. The van der Waals surface area contributed by atoms with E-state index in [1.807, 2.05) is 6.92 Å². The minimum absolute atomic E-state index is 0.0484.